The normalized spacial score (nSPS) is 60.2. The van der Waals surface area contributed by atoms with Gasteiger partial charge in [-0.25, -0.2) is 0 Å². The Morgan fingerprint density at radius 1 is 0.917 bits per heavy atom. The maximum atomic E-state index is 10.2. The van der Waals surface area contributed by atoms with Crippen molar-refractivity contribution >= 4 is 0 Å². The van der Waals surface area contributed by atoms with Gasteiger partial charge in [-0.2, -0.15) is 0 Å². The lowest BCUT2D eigenvalue weighted by Gasteiger charge is -2.55. The summed E-state index contributed by atoms with van der Waals surface area (Å²) in [6.07, 6.45) is 9.40. The molecular formula is C20H30O4. The Morgan fingerprint density at radius 2 is 1.75 bits per heavy atom. The molecule has 6 fully saturated rings. The first-order valence-electron chi connectivity index (χ1n) is 10.2. The Balaban J connectivity index is 1.33. The molecule has 0 aromatic carbocycles. The number of aliphatic hydroxyl groups is 1. The van der Waals surface area contributed by atoms with Gasteiger partial charge in [0.25, 0.3) is 0 Å². The van der Waals surface area contributed by atoms with Crippen molar-refractivity contribution in [1.82, 2.24) is 0 Å². The van der Waals surface area contributed by atoms with Crippen molar-refractivity contribution in [3.8, 4) is 0 Å². The van der Waals surface area contributed by atoms with Crippen LogP contribution in [-0.2, 0) is 14.2 Å². The maximum absolute atomic E-state index is 10.2. The number of fused-ring (bicyclic) bond motifs is 5. The van der Waals surface area contributed by atoms with E-state index in [9.17, 15) is 5.11 Å². The van der Waals surface area contributed by atoms with Crippen molar-refractivity contribution in [1.29, 1.82) is 0 Å². The van der Waals surface area contributed by atoms with Crippen LogP contribution in [0.25, 0.3) is 0 Å². The van der Waals surface area contributed by atoms with Gasteiger partial charge in [0.1, 0.15) is 5.60 Å². The molecule has 24 heavy (non-hydrogen) atoms. The van der Waals surface area contributed by atoms with Gasteiger partial charge in [-0.05, 0) is 62.2 Å². The number of ether oxygens (including phenoxy) is 3. The van der Waals surface area contributed by atoms with Crippen LogP contribution in [-0.4, -0.2) is 41.9 Å². The Morgan fingerprint density at radius 3 is 2.58 bits per heavy atom. The molecule has 0 aromatic rings. The predicted molar refractivity (Wildman–Crippen MR) is 87.2 cm³/mol. The Bertz CT molecular complexity index is 558. The van der Waals surface area contributed by atoms with Crippen molar-refractivity contribution in [3.63, 3.8) is 0 Å². The average molecular weight is 334 g/mol. The van der Waals surface area contributed by atoms with E-state index >= 15 is 0 Å². The molecule has 0 amide bonds. The molecule has 6 aliphatic rings. The number of epoxide rings is 1. The molecule has 0 bridgehead atoms. The fraction of sp³-hybridized carbons (Fsp3) is 1.00. The van der Waals surface area contributed by atoms with Gasteiger partial charge in [-0.15, -0.1) is 0 Å². The minimum Gasteiger partial charge on any atom is -0.393 e. The van der Waals surface area contributed by atoms with Gasteiger partial charge in [0, 0.05) is 18.3 Å². The van der Waals surface area contributed by atoms with E-state index < -0.39 is 0 Å². The number of hydrogen-bond acceptors (Lipinski definition) is 4. The minimum atomic E-state index is -0.287. The van der Waals surface area contributed by atoms with Crippen molar-refractivity contribution < 1.29 is 19.3 Å². The zero-order chi connectivity index (χ0) is 16.2. The second kappa shape index (κ2) is 4.57. The second-order valence-electron chi connectivity index (χ2n) is 9.72. The summed E-state index contributed by atoms with van der Waals surface area (Å²) < 4.78 is 18.8. The molecule has 2 aliphatic heterocycles. The SMILES string of the molecule is C[C@]12CCC3C(C[C@@H]4O[C@@]45CC(O)CC[C@H]35)C1CCC21OCCO1. The van der Waals surface area contributed by atoms with Crippen LogP contribution in [0.5, 0.6) is 0 Å². The third kappa shape index (κ3) is 1.61. The van der Waals surface area contributed by atoms with Gasteiger partial charge < -0.3 is 19.3 Å². The molecule has 4 heteroatoms. The zero-order valence-electron chi connectivity index (χ0n) is 14.7. The van der Waals surface area contributed by atoms with E-state index in [1.807, 2.05) is 0 Å². The van der Waals surface area contributed by atoms with Gasteiger partial charge in [-0.1, -0.05) is 6.92 Å². The molecule has 4 saturated carbocycles. The maximum Gasteiger partial charge on any atom is 0.174 e. The van der Waals surface area contributed by atoms with Crippen molar-refractivity contribution in [2.24, 2.45) is 29.1 Å². The van der Waals surface area contributed by atoms with E-state index in [4.69, 9.17) is 14.2 Å². The van der Waals surface area contributed by atoms with Crippen LogP contribution in [0, 0.1) is 29.1 Å². The molecule has 4 unspecified atom stereocenters. The summed E-state index contributed by atoms with van der Waals surface area (Å²) in [6.45, 7) is 3.99. The van der Waals surface area contributed by atoms with Crippen molar-refractivity contribution in [3.05, 3.63) is 0 Å². The fourth-order valence-corrected chi connectivity index (χ4v) is 8.09. The van der Waals surface area contributed by atoms with E-state index in [1.54, 1.807) is 0 Å². The highest BCUT2D eigenvalue weighted by atomic mass is 16.7. The lowest BCUT2D eigenvalue weighted by molar-refractivity contribution is -0.242. The molecule has 0 radical (unpaired) electrons. The summed E-state index contributed by atoms with van der Waals surface area (Å²) in [5, 5.41) is 10.2. The Labute approximate surface area is 144 Å². The van der Waals surface area contributed by atoms with Crippen LogP contribution in [0.4, 0.5) is 0 Å². The van der Waals surface area contributed by atoms with E-state index in [0.29, 0.717) is 12.0 Å². The number of hydrogen-bond donors (Lipinski definition) is 1. The molecule has 4 nitrogen and oxygen atoms in total. The minimum absolute atomic E-state index is 0.0588. The predicted octanol–water partition coefficient (Wildman–Crippen LogP) is 2.87. The Kier molecular flexibility index (Phi) is 2.85. The number of aliphatic hydroxyl groups excluding tert-OH is 1. The van der Waals surface area contributed by atoms with Crippen molar-refractivity contribution in [2.75, 3.05) is 13.2 Å². The molecule has 1 N–H and O–H groups in total. The van der Waals surface area contributed by atoms with Crippen LogP contribution >= 0.6 is 0 Å². The van der Waals surface area contributed by atoms with Gasteiger partial charge in [0.05, 0.1) is 25.4 Å². The standard InChI is InChI=1S/C20H30O4/c1-18-6-4-13-14(15(18)5-7-20(18)22-8-9-23-20)10-17-19(24-17)11-12(21)2-3-16(13)19/h12-17,21H,2-11H2,1H3/t12?,13?,14?,15?,16-,17+,18+,19-/m1/s1. The van der Waals surface area contributed by atoms with E-state index in [2.05, 4.69) is 6.92 Å². The van der Waals surface area contributed by atoms with Crippen LogP contribution in [0.15, 0.2) is 0 Å². The fourth-order valence-electron chi connectivity index (χ4n) is 8.09. The first kappa shape index (κ1) is 15.0. The molecule has 4 aliphatic carbocycles. The highest BCUT2D eigenvalue weighted by Gasteiger charge is 2.73. The van der Waals surface area contributed by atoms with Gasteiger partial charge in [0.2, 0.25) is 0 Å². The molecule has 134 valence electrons. The molecule has 8 atom stereocenters. The Hall–Kier alpha value is -0.160. The zero-order valence-corrected chi connectivity index (χ0v) is 14.7. The summed E-state index contributed by atoms with van der Waals surface area (Å²) in [7, 11) is 0. The van der Waals surface area contributed by atoms with Crippen LogP contribution in [0.3, 0.4) is 0 Å². The highest BCUT2D eigenvalue weighted by molar-refractivity contribution is 5.20. The van der Waals surface area contributed by atoms with Crippen molar-refractivity contribution in [2.45, 2.75) is 81.9 Å². The lowest BCUT2D eigenvalue weighted by Crippen LogP contribution is -2.56. The van der Waals surface area contributed by atoms with Crippen LogP contribution in [0.2, 0.25) is 0 Å². The molecule has 2 heterocycles. The van der Waals surface area contributed by atoms with Crippen LogP contribution < -0.4 is 0 Å². The smallest absolute Gasteiger partial charge is 0.174 e. The lowest BCUT2D eigenvalue weighted by atomic mass is 9.50. The largest absolute Gasteiger partial charge is 0.393 e. The van der Waals surface area contributed by atoms with E-state index in [-0.39, 0.29) is 22.9 Å². The summed E-state index contributed by atoms with van der Waals surface area (Å²) in [5.74, 6) is 2.70. The first-order valence-corrected chi connectivity index (χ1v) is 10.2. The second-order valence-corrected chi connectivity index (χ2v) is 9.72. The summed E-state index contributed by atoms with van der Waals surface area (Å²) in [4.78, 5) is 0. The topological polar surface area (TPSA) is 51.2 Å². The quantitative estimate of drug-likeness (QED) is 0.692. The third-order valence-electron chi connectivity index (χ3n) is 9.14. The summed E-state index contributed by atoms with van der Waals surface area (Å²) in [6, 6.07) is 0. The number of rotatable bonds is 0. The molecular weight excluding hydrogens is 304 g/mol. The summed E-state index contributed by atoms with van der Waals surface area (Å²) in [5.41, 5.74) is 0.247. The molecule has 6 rings (SSSR count). The first-order chi connectivity index (χ1) is 11.6. The molecule has 0 aromatic heterocycles. The van der Waals surface area contributed by atoms with E-state index in [1.165, 1.54) is 32.1 Å². The summed E-state index contributed by atoms with van der Waals surface area (Å²) >= 11 is 0. The van der Waals surface area contributed by atoms with Crippen LogP contribution in [0.1, 0.15) is 58.3 Å². The average Bonchev–Trinajstić information content (AvgIpc) is 2.93. The molecule has 2 saturated heterocycles. The third-order valence-corrected chi connectivity index (χ3v) is 9.14. The monoisotopic (exact) mass is 334 g/mol. The van der Waals surface area contributed by atoms with Gasteiger partial charge in [-0.3, -0.25) is 0 Å². The van der Waals surface area contributed by atoms with Gasteiger partial charge in [0.15, 0.2) is 5.79 Å². The molecule has 2 spiro atoms. The highest BCUT2D eigenvalue weighted by Crippen LogP contribution is 2.71. The van der Waals surface area contributed by atoms with Gasteiger partial charge >= 0.3 is 0 Å². The van der Waals surface area contributed by atoms with E-state index in [0.717, 1.165) is 50.2 Å².